The molecule has 1 fully saturated rings. The molecule has 7 heteroatoms. The molecule has 0 bridgehead atoms. The summed E-state index contributed by atoms with van der Waals surface area (Å²) in [5.41, 5.74) is 8.89. The first-order valence-electron chi connectivity index (χ1n) is 5.97. The number of halogens is 2. The quantitative estimate of drug-likeness (QED) is 0.448. The summed E-state index contributed by atoms with van der Waals surface area (Å²) >= 11 is 0. The SMILES string of the molecule is N#C/C(=N\Nc1cccc(C2CC(F)(F)C2)c1)C(=N)N. The van der Waals surface area contributed by atoms with Crippen LogP contribution in [0.5, 0.6) is 0 Å². The van der Waals surface area contributed by atoms with Gasteiger partial charge in [-0.3, -0.25) is 10.8 Å². The number of nitrogens with one attached hydrogen (secondary N) is 2. The summed E-state index contributed by atoms with van der Waals surface area (Å²) in [6.45, 7) is 0. The first-order chi connectivity index (χ1) is 9.41. The average molecular weight is 277 g/mol. The summed E-state index contributed by atoms with van der Waals surface area (Å²) in [6, 6.07) is 8.59. The van der Waals surface area contributed by atoms with E-state index in [0.29, 0.717) is 5.69 Å². The van der Waals surface area contributed by atoms with E-state index in [-0.39, 0.29) is 24.5 Å². The van der Waals surface area contributed by atoms with E-state index in [2.05, 4.69) is 10.5 Å². The van der Waals surface area contributed by atoms with E-state index in [1.165, 1.54) is 0 Å². The van der Waals surface area contributed by atoms with Crippen LogP contribution in [0.4, 0.5) is 14.5 Å². The van der Waals surface area contributed by atoms with Gasteiger partial charge >= 0.3 is 0 Å². The number of nitrogens with two attached hydrogens (primary N) is 1. The minimum absolute atomic E-state index is 0.142. The molecule has 0 amide bonds. The minimum Gasteiger partial charge on any atom is -0.382 e. The fourth-order valence-corrected chi connectivity index (χ4v) is 2.02. The zero-order valence-corrected chi connectivity index (χ0v) is 10.5. The molecule has 4 N–H and O–H groups in total. The van der Waals surface area contributed by atoms with Crippen LogP contribution in [0, 0.1) is 16.7 Å². The molecule has 0 unspecified atom stereocenters. The van der Waals surface area contributed by atoms with Crippen molar-refractivity contribution in [3.63, 3.8) is 0 Å². The third kappa shape index (κ3) is 3.09. The van der Waals surface area contributed by atoms with Crippen molar-refractivity contribution in [1.29, 1.82) is 10.7 Å². The molecule has 104 valence electrons. The van der Waals surface area contributed by atoms with E-state index in [9.17, 15) is 8.78 Å². The van der Waals surface area contributed by atoms with E-state index in [4.69, 9.17) is 16.4 Å². The number of nitriles is 1. The van der Waals surface area contributed by atoms with Gasteiger partial charge in [0, 0.05) is 12.8 Å². The highest BCUT2D eigenvalue weighted by Gasteiger charge is 2.45. The molecular formula is C13H13F2N5. The molecule has 20 heavy (non-hydrogen) atoms. The van der Waals surface area contributed by atoms with Crippen LogP contribution in [0.15, 0.2) is 29.4 Å². The summed E-state index contributed by atoms with van der Waals surface area (Å²) in [5.74, 6) is -3.15. The number of hydrogen-bond acceptors (Lipinski definition) is 4. The minimum atomic E-state index is -2.56. The molecule has 0 radical (unpaired) electrons. The number of amidine groups is 1. The van der Waals surface area contributed by atoms with Crippen LogP contribution in [-0.2, 0) is 0 Å². The van der Waals surface area contributed by atoms with Crippen molar-refractivity contribution in [3.8, 4) is 6.07 Å². The molecule has 1 aromatic carbocycles. The third-order valence-electron chi connectivity index (χ3n) is 3.11. The van der Waals surface area contributed by atoms with E-state index in [1.807, 2.05) is 0 Å². The van der Waals surface area contributed by atoms with Crippen molar-refractivity contribution in [2.24, 2.45) is 10.8 Å². The highest BCUT2D eigenvalue weighted by molar-refractivity contribution is 6.45. The Kier molecular flexibility index (Phi) is 3.66. The maximum atomic E-state index is 12.9. The number of anilines is 1. The Balaban J connectivity index is 2.08. The van der Waals surface area contributed by atoms with Gasteiger partial charge in [-0.2, -0.15) is 10.4 Å². The molecule has 0 aliphatic heterocycles. The number of benzene rings is 1. The van der Waals surface area contributed by atoms with Crippen LogP contribution in [0.2, 0.25) is 0 Å². The molecule has 5 nitrogen and oxygen atoms in total. The predicted octanol–water partition coefficient (Wildman–Crippen LogP) is 2.43. The van der Waals surface area contributed by atoms with Crippen LogP contribution < -0.4 is 11.2 Å². The van der Waals surface area contributed by atoms with E-state index < -0.39 is 11.8 Å². The average Bonchev–Trinajstić information content (AvgIpc) is 2.36. The molecule has 0 atom stereocenters. The van der Waals surface area contributed by atoms with Gasteiger partial charge in [-0.15, -0.1) is 0 Å². The summed E-state index contributed by atoms with van der Waals surface area (Å²) in [7, 11) is 0. The van der Waals surface area contributed by atoms with Gasteiger partial charge in [0.2, 0.25) is 11.6 Å². The second-order valence-electron chi connectivity index (χ2n) is 4.68. The molecule has 1 saturated carbocycles. The molecule has 0 saturated heterocycles. The number of alkyl halides is 2. The first-order valence-corrected chi connectivity index (χ1v) is 5.97. The Morgan fingerprint density at radius 3 is 2.75 bits per heavy atom. The smallest absolute Gasteiger partial charge is 0.249 e. The van der Waals surface area contributed by atoms with E-state index in [1.54, 1.807) is 30.3 Å². The lowest BCUT2D eigenvalue weighted by Crippen LogP contribution is -2.33. The lowest BCUT2D eigenvalue weighted by molar-refractivity contribution is -0.0867. The van der Waals surface area contributed by atoms with Crippen LogP contribution in [-0.4, -0.2) is 17.5 Å². The number of hydrazone groups is 1. The molecular weight excluding hydrogens is 264 g/mol. The Morgan fingerprint density at radius 2 is 2.20 bits per heavy atom. The van der Waals surface area contributed by atoms with Crippen molar-refractivity contribution in [3.05, 3.63) is 29.8 Å². The van der Waals surface area contributed by atoms with Crippen molar-refractivity contribution in [2.75, 3.05) is 5.43 Å². The van der Waals surface area contributed by atoms with E-state index in [0.717, 1.165) is 5.56 Å². The number of nitrogens with zero attached hydrogens (tertiary/aromatic N) is 2. The first kappa shape index (κ1) is 13.9. The highest BCUT2D eigenvalue weighted by Crippen LogP contribution is 2.48. The van der Waals surface area contributed by atoms with Crippen molar-refractivity contribution in [2.45, 2.75) is 24.7 Å². The Bertz CT molecular complexity index is 595. The standard InChI is InChI=1S/C13H13F2N5/c14-13(15)5-9(6-13)8-2-1-3-10(4-8)19-20-11(7-16)12(17)18/h1-4,9,19H,5-6H2,(H3,17,18)/b20-11+. The maximum Gasteiger partial charge on any atom is 0.249 e. The normalized spacial score (nSPS) is 17.9. The lowest BCUT2D eigenvalue weighted by Gasteiger charge is -2.35. The van der Waals surface area contributed by atoms with Crippen molar-refractivity contribution < 1.29 is 8.78 Å². The Morgan fingerprint density at radius 1 is 1.50 bits per heavy atom. The van der Waals surface area contributed by atoms with Gasteiger partial charge in [0.15, 0.2) is 5.84 Å². The van der Waals surface area contributed by atoms with Crippen molar-refractivity contribution >= 4 is 17.2 Å². The molecule has 0 heterocycles. The summed E-state index contributed by atoms with van der Waals surface area (Å²) in [5, 5.41) is 19.5. The highest BCUT2D eigenvalue weighted by atomic mass is 19.3. The monoisotopic (exact) mass is 277 g/mol. The van der Waals surface area contributed by atoms with Crippen LogP contribution >= 0.6 is 0 Å². The van der Waals surface area contributed by atoms with Gasteiger partial charge in [0.05, 0.1) is 5.69 Å². The second-order valence-corrected chi connectivity index (χ2v) is 4.68. The molecule has 0 spiro atoms. The lowest BCUT2D eigenvalue weighted by atomic mass is 9.77. The fraction of sp³-hybridized carbons (Fsp3) is 0.308. The van der Waals surface area contributed by atoms with Gasteiger partial charge < -0.3 is 5.73 Å². The predicted molar refractivity (Wildman–Crippen MR) is 71.9 cm³/mol. The van der Waals surface area contributed by atoms with Crippen LogP contribution in [0.1, 0.15) is 24.3 Å². The molecule has 2 rings (SSSR count). The topological polar surface area (TPSA) is 98.0 Å². The molecule has 1 aliphatic rings. The van der Waals surface area contributed by atoms with Crippen molar-refractivity contribution in [1.82, 2.24) is 0 Å². The largest absolute Gasteiger partial charge is 0.382 e. The Hall–Kier alpha value is -2.49. The number of hydrogen-bond donors (Lipinski definition) is 3. The van der Waals surface area contributed by atoms with E-state index >= 15 is 0 Å². The zero-order valence-electron chi connectivity index (χ0n) is 10.5. The summed E-state index contributed by atoms with van der Waals surface area (Å²) < 4.78 is 25.7. The molecule has 1 aromatic rings. The maximum absolute atomic E-state index is 12.9. The summed E-state index contributed by atoms with van der Waals surface area (Å²) in [6.07, 6.45) is -0.284. The van der Waals surface area contributed by atoms with Crippen LogP contribution in [0.3, 0.4) is 0 Å². The molecule has 0 aromatic heterocycles. The van der Waals surface area contributed by atoms with Gasteiger partial charge in [-0.1, -0.05) is 12.1 Å². The second kappa shape index (κ2) is 5.25. The zero-order chi connectivity index (χ0) is 14.8. The Labute approximate surface area is 114 Å². The molecule has 1 aliphatic carbocycles. The van der Waals surface area contributed by atoms with Gasteiger partial charge in [-0.25, -0.2) is 8.78 Å². The van der Waals surface area contributed by atoms with Crippen LogP contribution in [0.25, 0.3) is 0 Å². The fourth-order valence-electron chi connectivity index (χ4n) is 2.02. The summed E-state index contributed by atoms with van der Waals surface area (Å²) in [4.78, 5) is 0. The third-order valence-corrected chi connectivity index (χ3v) is 3.11. The number of rotatable bonds is 4. The van der Waals surface area contributed by atoms with Gasteiger partial charge in [0.1, 0.15) is 6.07 Å². The van der Waals surface area contributed by atoms with Gasteiger partial charge in [-0.05, 0) is 23.6 Å². The van der Waals surface area contributed by atoms with Gasteiger partial charge in [0.25, 0.3) is 0 Å².